The molecule has 1 unspecified atom stereocenters. The number of carbonyl (C=O) groups is 1. The predicted octanol–water partition coefficient (Wildman–Crippen LogP) is 4.22. The maximum atomic E-state index is 12.3. The molecule has 1 amide bonds. The minimum atomic E-state index is -0.398. The lowest BCUT2D eigenvalue weighted by Gasteiger charge is -2.47. The van der Waals surface area contributed by atoms with Crippen LogP contribution in [0.1, 0.15) is 36.2 Å². The van der Waals surface area contributed by atoms with Crippen molar-refractivity contribution < 1.29 is 4.79 Å². The molecular weight excluding hydrogens is 296 g/mol. The Hall–Kier alpha value is -2.00. The quantitative estimate of drug-likeness (QED) is 0.920. The van der Waals surface area contributed by atoms with Crippen molar-refractivity contribution in [3.63, 3.8) is 0 Å². The van der Waals surface area contributed by atoms with Gasteiger partial charge in [0, 0.05) is 11.6 Å². The minimum absolute atomic E-state index is 0.00712. The fraction of sp³-hybridized carbons (Fsp3) is 0.278. The first-order valence-corrected chi connectivity index (χ1v) is 7.85. The van der Waals surface area contributed by atoms with Gasteiger partial charge in [-0.2, -0.15) is 0 Å². The van der Waals surface area contributed by atoms with Crippen molar-refractivity contribution in [2.45, 2.75) is 32.5 Å². The summed E-state index contributed by atoms with van der Waals surface area (Å²) in [7, 11) is 0. The van der Waals surface area contributed by atoms with Crippen molar-refractivity contribution in [3.05, 3.63) is 64.7 Å². The van der Waals surface area contributed by atoms with Crippen molar-refractivity contribution in [3.8, 4) is 0 Å². The van der Waals surface area contributed by atoms with Gasteiger partial charge in [-0.05, 0) is 43.2 Å². The molecular formula is C18H19ClN2O. The molecule has 22 heavy (non-hydrogen) atoms. The molecule has 0 saturated heterocycles. The van der Waals surface area contributed by atoms with Crippen LogP contribution >= 0.6 is 11.6 Å². The zero-order valence-electron chi connectivity index (χ0n) is 12.8. The van der Waals surface area contributed by atoms with Crippen LogP contribution in [-0.4, -0.2) is 11.6 Å². The zero-order chi connectivity index (χ0) is 15.7. The van der Waals surface area contributed by atoms with Crippen molar-refractivity contribution in [1.82, 2.24) is 5.32 Å². The number of carbonyl (C=O) groups excluding carboxylic acids is 1. The molecule has 3 rings (SSSR count). The number of nitrogens with one attached hydrogen (secondary N) is 1. The van der Waals surface area contributed by atoms with Gasteiger partial charge in [-0.1, -0.05) is 42.8 Å². The standard InChI is InChI=1S/C18H19ClN2O/c1-3-18(2)20-17(22)15-6-4-5-7-16(15)21(18)12-13-8-10-14(19)11-9-13/h4-11H,3,12H2,1-2H3,(H,20,22). The Morgan fingerprint density at radius 3 is 2.50 bits per heavy atom. The highest BCUT2D eigenvalue weighted by atomic mass is 35.5. The van der Waals surface area contributed by atoms with Crippen molar-refractivity contribution >= 4 is 23.2 Å². The molecule has 114 valence electrons. The Labute approximate surface area is 135 Å². The van der Waals surface area contributed by atoms with E-state index < -0.39 is 5.66 Å². The summed E-state index contributed by atoms with van der Waals surface area (Å²) in [5.74, 6) is -0.00712. The van der Waals surface area contributed by atoms with Crippen LogP contribution in [0.3, 0.4) is 0 Å². The fourth-order valence-electron chi connectivity index (χ4n) is 2.86. The van der Waals surface area contributed by atoms with E-state index in [1.807, 2.05) is 48.5 Å². The average Bonchev–Trinajstić information content (AvgIpc) is 2.53. The van der Waals surface area contributed by atoms with E-state index >= 15 is 0 Å². The van der Waals surface area contributed by atoms with Gasteiger partial charge in [-0.3, -0.25) is 4.79 Å². The maximum Gasteiger partial charge on any atom is 0.255 e. The second kappa shape index (κ2) is 5.65. The highest BCUT2D eigenvalue weighted by Gasteiger charge is 2.38. The molecule has 1 atom stereocenters. The second-order valence-electron chi connectivity index (χ2n) is 5.81. The zero-order valence-corrected chi connectivity index (χ0v) is 13.5. The summed E-state index contributed by atoms with van der Waals surface area (Å²) >= 11 is 5.97. The minimum Gasteiger partial charge on any atom is -0.344 e. The third-order valence-corrected chi connectivity index (χ3v) is 4.61. The molecule has 1 heterocycles. The van der Waals surface area contributed by atoms with Gasteiger partial charge in [-0.15, -0.1) is 0 Å². The average molecular weight is 315 g/mol. The maximum absolute atomic E-state index is 12.3. The van der Waals surface area contributed by atoms with Crippen LogP contribution in [0.25, 0.3) is 0 Å². The van der Waals surface area contributed by atoms with Crippen LogP contribution in [0.4, 0.5) is 5.69 Å². The first-order valence-electron chi connectivity index (χ1n) is 7.47. The Morgan fingerprint density at radius 2 is 1.82 bits per heavy atom. The summed E-state index contributed by atoms with van der Waals surface area (Å²) in [6.45, 7) is 4.87. The van der Waals surface area contributed by atoms with Crippen LogP contribution in [0, 0.1) is 0 Å². The monoisotopic (exact) mass is 314 g/mol. The van der Waals surface area contributed by atoms with Gasteiger partial charge in [0.25, 0.3) is 5.91 Å². The Bertz CT molecular complexity index is 698. The molecule has 0 bridgehead atoms. The number of fused-ring (bicyclic) bond motifs is 1. The van der Waals surface area contributed by atoms with Gasteiger partial charge in [-0.25, -0.2) is 0 Å². The number of benzene rings is 2. The van der Waals surface area contributed by atoms with Gasteiger partial charge in [0.05, 0.1) is 11.3 Å². The Balaban J connectivity index is 2.03. The van der Waals surface area contributed by atoms with Crippen molar-refractivity contribution in [2.24, 2.45) is 0 Å². The van der Waals surface area contributed by atoms with Crippen LogP contribution in [0.15, 0.2) is 48.5 Å². The van der Waals surface area contributed by atoms with Crippen LogP contribution in [0.2, 0.25) is 5.02 Å². The first kappa shape index (κ1) is 14.9. The van der Waals surface area contributed by atoms with E-state index in [-0.39, 0.29) is 5.91 Å². The number of hydrogen-bond donors (Lipinski definition) is 1. The van der Waals surface area contributed by atoms with Gasteiger partial charge in [0.2, 0.25) is 0 Å². The molecule has 1 aliphatic heterocycles. The Kier molecular flexibility index (Phi) is 3.83. The van der Waals surface area contributed by atoms with Crippen molar-refractivity contribution in [2.75, 3.05) is 4.90 Å². The van der Waals surface area contributed by atoms with E-state index in [1.54, 1.807) is 0 Å². The van der Waals surface area contributed by atoms with Crippen LogP contribution in [0.5, 0.6) is 0 Å². The summed E-state index contributed by atoms with van der Waals surface area (Å²) in [4.78, 5) is 14.6. The molecule has 0 spiro atoms. The van der Waals surface area contributed by atoms with E-state index in [0.717, 1.165) is 34.8 Å². The Morgan fingerprint density at radius 1 is 1.14 bits per heavy atom. The third kappa shape index (κ3) is 2.57. The van der Waals surface area contributed by atoms with E-state index in [4.69, 9.17) is 11.6 Å². The topological polar surface area (TPSA) is 32.3 Å². The van der Waals surface area contributed by atoms with E-state index in [9.17, 15) is 4.79 Å². The lowest BCUT2D eigenvalue weighted by molar-refractivity contribution is 0.0884. The molecule has 0 aromatic heterocycles. The molecule has 1 N–H and O–H groups in total. The summed E-state index contributed by atoms with van der Waals surface area (Å²) in [5, 5.41) is 3.87. The van der Waals surface area contributed by atoms with E-state index in [0.29, 0.717) is 0 Å². The van der Waals surface area contributed by atoms with Crippen molar-refractivity contribution in [1.29, 1.82) is 0 Å². The largest absolute Gasteiger partial charge is 0.344 e. The van der Waals surface area contributed by atoms with Crippen LogP contribution < -0.4 is 10.2 Å². The number of anilines is 1. The number of nitrogens with zero attached hydrogens (tertiary/aromatic N) is 1. The normalized spacial score (nSPS) is 20.5. The molecule has 0 saturated carbocycles. The molecule has 1 aliphatic rings. The van der Waals surface area contributed by atoms with Crippen LogP contribution in [-0.2, 0) is 6.54 Å². The molecule has 0 aliphatic carbocycles. The predicted molar refractivity (Wildman–Crippen MR) is 90.2 cm³/mol. The second-order valence-corrected chi connectivity index (χ2v) is 6.25. The molecule has 0 radical (unpaired) electrons. The number of amides is 1. The van der Waals surface area contributed by atoms with Gasteiger partial charge in [0.1, 0.15) is 5.66 Å². The van der Waals surface area contributed by atoms with Gasteiger partial charge < -0.3 is 10.2 Å². The number of rotatable bonds is 3. The molecule has 2 aromatic carbocycles. The summed E-state index contributed by atoms with van der Waals surface area (Å²) < 4.78 is 0. The lowest BCUT2D eigenvalue weighted by atomic mass is 9.97. The highest BCUT2D eigenvalue weighted by molar-refractivity contribution is 6.30. The summed E-state index contributed by atoms with van der Waals surface area (Å²) in [6, 6.07) is 15.6. The van der Waals surface area contributed by atoms with Gasteiger partial charge in [0.15, 0.2) is 0 Å². The smallest absolute Gasteiger partial charge is 0.255 e. The fourth-order valence-corrected chi connectivity index (χ4v) is 2.98. The number of halogens is 1. The first-order chi connectivity index (χ1) is 10.5. The van der Waals surface area contributed by atoms with Gasteiger partial charge >= 0.3 is 0 Å². The third-order valence-electron chi connectivity index (χ3n) is 4.36. The summed E-state index contributed by atoms with van der Waals surface area (Å²) in [6.07, 6.45) is 0.820. The molecule has 4 heteroatoms. The SMILES string of the molecule is CCC1(C)NC(=O)c2ccccc2N1Cc1ccc(Cl)cc1. The highest BCUT2D eigenvalue weighted by Crippen LogP contribution is 2.34. The molecule has 0 fully saturated rings. The van der Waals surface area contributed by atoms with E-state index in [1.165, 1.54) is 0 Å². The lowest BCUT2D eigenvalue weighted by Crippen LogP contribution is -2.61. The molecule has 3 nitrogen and oxygen atoms in total. The number of para-hydroxylation sites is 1. The number of hydrogen-bond acceptors (Lipinski definition) is 2. The summed E-state index contributed by atoms with van der Waals surface area (Å²) in [5.41, 5.74) is 2.47. The van der Waals surface area contributed by atoms with E-state index in [2.05, 4.69) is 24.1 Å². The molecule has 2 aromatic rings.